The number of carbonyl (C=O) groups is 1. The van der Waals surface area contributed by atoms with Crippen LogP contribution in [-0.2, 0) is 15.6 Å². The quantitative estimate of drug-likeness (QED) is 0.763. The smallest absolute Gasteiger partial charge is 0.270 e. The van der Waals surface area contributed by atoms with Gasteiger partial charge in [-0.1, -0.05) is 18.2 Å². The Kier molecular flexibility index (Phi) is 4.32. The maximum atomic E-state index is 12.7. The number of H-pyrrole nitrogens is 1. The van der Waals surface area contributed by atoms with Crippen LogP contribution in [0.3, 0.4) is 0 Å². The highest BCUT2D eigenvalue weighted by Gasteiger charge is 2.32. The number of fused-ring (bicyclic) bond motifs is 1. The van der Waals surface area contributed by atoms with Gasteiger partial charge in [0.2, 0.25) is 0 Å². The molecule has 6 nitrogen and oxygen atoms in total. The Balaban J connectivity index is 1.42. The highest BCUT2D eigenvalue weighted by molar-refractivity contribution is 7.91. The van der Waals surface area contributed by atoms with Gasteiger partial charge in [-0.2, -0.15) is 0 Å². The van der Waals surface area contributed by atoms with Crippen LogP contribution in [0.5, 0.6) is 0 Å². The fourth-order valence-electron chi connectivity index (χ4n) is 3.49. The average molecular weight is 372 g/mol. The summed E-state index contributed by atoms with van der Waals surface area (Å²) in [7, 11) is -3.28. The van der Waals surface area contributed by atoms with Gasteiger partial charge in [0.05, 0.1) is 11.5 Å². The second kappa shape index (κ2) is 6.64. The number of para-hydroxylation sites is 1. The molecule has 26 heavy (non-hydrogen) atoms. The molecule has 0 aliphatic carbocycles. The van der Waals surface area contributed by atoms with Crippen molar-refractivity contribution in [3.05, 3.63) is 60.2 Å². The zero-order valence-electron chi connectivity index (χ0n) is 14.2. The molecule has 0 saturated carbocycles. The Bertz CT molecular complexity index is 980. The number of benzene rings is 1. The van der Waals surface area contributed by atoms with Crippen molar-refractivity contribution < 1.29 is 17.6 Å². The van der Waals surface area contributed by atoms with Gasteiger partial charge in [-0.3, -0.25) is 4.79 Å². The fraction of sp³-hybridized carbons (Fsp3) is 0.316. The van der Waals surface area contributed by atoms with Crippen molar-refractivity contribution in [3.63, 3.8) is 0 Å². The van der Waals surface area contributed by atoms with Gasteiger partial charge in [-0.15, -0.1) is 0 Å². The Morgan fingerprint density at radius 3 is 2.62 bits per heavy atom. The molecule has 136 valence electrons. The third-order valence-electron chi connectivity index (χ3n) is 4.92. The van der Waals surface area contributed by atoms with Gasteiger partial charge in [0.25, 0.3) is 5.91 Å². The van der Waals surface area contributed by atoms with E-state index in [-0.39, 0.29) is 11.7 Å². The molecule has 3 heterocycles. The average Bonchev–Trinajstić information content (AvgIpc) is 3.30. The van der Waals surface area contributed by atoms with Crippen LogP contribution in [0.1, 0.15) is 29.1 Å². The molecule has 0 radical (unpaired) electrons. The van der Waals surface area contributed by atoms with Crippen LogP contribution in [0.25, 0.3) is 10.9 Å². The lowest BCUT2D eigenvalue weighted by atomic mass is 10.1. The number of nitrogens with one attached hydrogen (secondary N) is 1. The minimum Gasteiger partial charge on any atom is -0.468 e. The van der Waals surface area contributed by atoms with Gasteiger partial charge in [0.15, 0.2) is 9.84 Å². The number of furan rings is 1. The van der Waals surface area contributed by atoms with Crippen molar-refractivity contribution in [3.8, 4) is 0 Å². The van der Waals surface area contributed by atoms with E-state index >= 15 is 0 Å². The van der Waals surface area contributed by atoms with Gasteiger partial charge in [-0.05, 0) is 37.1 Å². The predicted molar refractivity (Wildman–Crippen MR) is 98.6 cm³/mol. The summed E-state index contributed by atoms with van der Waals surface area (Å²) < 4.78 is 30.3. The summed E-state index contributed by atoms with van der Waals surface area (Å²) in [6, 6.07) is 12.9. The van der Waals surface area contributed by atoms with E-state index in [0.29, 0.717) is 37.4 Å². The molecule has 1 aliphatic heterocycles. The van der Waals surface area contributed by atoms with E-state index in [4.69, 9.17) is 4.42 Å². The first-order valence-corrected chi connectivity index (χ1v) is 10.4. The molecule has 2 aromatic heterocycles. The lowest BCUT2D eigenvalue weighted by Gasteiger charge is -2.31. The third-order valence-corrected chi connectivity index (χ3v) is 7.10. The Labute approximate surface area is 151 Å². The molecule has 0 atom stereocenters. The number of rotatable bonds is 4. The highest BCUT2D eigenvalue weighted by Crippen LogP contribution is 2.23. The normalized spacial score (nSPS) is 16.2. The summed E-state index contributed by atoms with van der Waals surface area (Å²) >= 11 is 0. The predicted octanol–water partition coefficient (Wildman–Crippen LogP) is 2.98. The minimum atomic E-state index is -3.28. The Hall–Kier alpha value is -2.54. The second-order valence-corrected chi connectivity index (χ2v) is 8.93. The minimum absolute atomic E-state index is 0.0805. The second-order valence-electron chi connectivity index (χ2n) is 6.65. The van der Waals surface area contributed by atoms with Crippen LogP contribution in [0.4, 0.5) is 0 Å². The van der Waals surface area contributed by atoms with E-state index in [2.05, 4.69) is 4.98 Å². The summed E-state index contributed by atoms with van der Waals surface area (Å²) in [5.41, 5.74) is 1.47. The highest BCUT2D eigenvalue weighted by atomic mass is 32.2. The SMILES string of the molecule is O=C(c1cc2ccccc2[nH]1)N1CCC(S(=O)(=O)Cc2ccco2)CC1. The van der Waals surface area contributed by atoms with Gasteiger partial charge in [-0.25, -0.2) is 8.42 Å². The molecule has 4 rings (SSSR count). The number of carbonyl (C=O) groups excluding carboxylic acids is 1. The van der Waals surface area contributed by atoms with E-state index in [0.717, 1.165) is 10.9 Å². The van der Waals surface area contributed by atoms with Crippen molar-refractivity contribution in [2.45, 2.75) is 23.8 Å². The number of nitrogens with zero attached hydrogens (tertiary/aromatic N) is 1. The molecule has 7 heteroatoms. The molecule has 0 unspecified atom stereocenters. The van der Waals surface area contributed by atoms with Crippen molar-refractivity contribution in [2.24, 2.45) is 0 Å². The lowest BCUT2D eigenvalue weighted by molar-refractivity contribution is 0.0720. The van der Waals surface area contributed by atoms with Crippen molar-refractivity contribution in [1.29, 1.82) is 0 Å². The summed E-state index contributed by atoms with van der Waals surface area (Å²) in [5, 5.41) is 0.561. The van der Waals surface area contributed by atoms with Crippen LogP contribution in [0.15, 0.2) is 53.1 Å². The van der Waals surface area contributed by atoms with Crippen molar-refractivity contribution in [1.82, 2.24) is 9.88 Å². The standard InChI is InChI=1S/C19H20N2O4S/c22-19(18-12-14-4-1-2-6-17(14)20-18)21-9-7-16(8-10-21)26(23,24)13-15-5-3-11-25-15/h1-6,11-12,16,20H,7-10,13H2. The molecule has 1 aliphatic rings. The molecule has 0 bridgehead atoms. The number of amides is 1. The maximum Gasteiger partial charge on any atom is 0.270 e. The van der Waals surface area contributed by atoms with Crippen molar-refractivity contribution >= 4 is 26.6 Å². The van der Waals surface area contributed by atoms with E-state index in [9.17, 15) is 13.2 Å². The van der Waals surface area contributed by atoms with Crippen molar-refractivity contribution in [2.75, 3.05) is 13.1 Å². The molecule has 1 N–H and O–H groups in total. The monoisotopic (exact) mass is 372 g/mol. The van der Waals surface area contributed by atoms with Gasteiger partial charge >= 0.3 is 0 Å². The molecule has 1 saturated heterocycles. The first-order chi connectivity index (χ1) is 12.5. The zero-order chi connectivity index (χ0) is 18.1. The number of piperidine rings is 1. The lowest BCUT2D eigenvalue weighted by Crippen LogP contribution is -2.42. The zero-order valence-corrected chi connectivity index (χ0v) is 15.0. The van der Waals surface area contributed by atoms with E-state index in [1.165, 1.54) is 6.26 Å². The summed E-state index contributed by atoms with van der Waals surface area (Å²) in [6.45, 7) is 0.881. The van der Waals surface area contributed by atoms with Gasteiger partial charge < -0.3 is 14.3 Å². The third kappa shape index (κ3) is 3.26. The first kappa shape index (κ1) is 16.9. The maximum absolute atomic E-state index is 12.7. The van der Waals surface area contributed by atoms with Crippen LogP contribution in [0.2, 0.25) is 0 Å². The molecule has 1 aromatic carbocycles. The summed E-state index contributed by atoms with van der Waals surface area (Å²) in [5.74, 6) is 0.297. The molecule has 3 aromatic rings. The molecular weight excluding hydrogens is 352 g/mol. The van der Waals surface area contributed by atoms with Crippen LogP contribution >= 0.6 is 0 Å². The van der Waals surface area contributed by atoms with Crippen LogP contribution < -0.4 is 0 Å². The van der Waals surface area contributed by atoms with Crippen LogP contribution in [0, 0.1) is 0 Å². The number of hydrogen-bond acceptors (Lipinski definition) is 4. The number of hydrogen-bond donors (Lipinski definition) is 1. The molecule has 1 fully saturated rings. The Morgan fingerprint density at radius 1 is 1.15 bits per heavy atom. The topological polar surface area (TPSA) is 83.4 Å². The largest absolute Gasteiger partial charge is 0.468 e. The van der Waals surface area contributed by atoms with E-state index in [1.807, 2.05) is 30.3 Å². The summed E-state index contributed by atoms with van der Waals surface area (Å²) in [6.07, 6.45) is 2.39. The molecule has 0 spiro atoms. The van der Waals surface area contributed by atoms with Gasteiger partial charge in [0, 0.05) is 24.0 Å². The van der Waals surface area contributed by atoms with Gasteiger partial charge in [0.1, 0.15) is 17.2 Å². The van der Waals surface area contributed by atoms with Crippen LogP contribution in [-0.4, -0.2) is 42.5 Å². The summed E-state index contributed by atoms with van der Waals surface area (Å²) in [4.78, 5) is 17.6. The Morgan fingerprint density at radius 2 is 1.92 bits per heavy atom. The number of aromatic amines is 1. The van der Waals surface area contributed by atoms with E-state index in [1.54, 1.807) is 17.0 Å². The number of sulfone groups is 1. The molecular formula is C19H20N2O4S. The fourth-order valence-corrected chi connectivity index (χ4v) is 5.21. The number of likely N-dealkylation sites (tertiary alicyclic amines) is 1. The van der Waals surface area contributed by atoms with E-state index < -0.39 is 15.1 Å². The first-order valence-electron chi connectivity index (χ1n) is 8.64. The molecule has 1 amide bonds. The number of aromatic nitrogens is 1.